The number of amides is 2. The lowest BCUT2D eigenvalue weighted by molar-refractivity contribution is 0.0735. The van der Waals surface area contributed by atoms with Crippen LogP contribution in [0.4, 0.5) is 0 Å². The monoisotopic (exact) mass is 382 g/mol. The van der Waals surface area contributed by atoms with Crippen molar-refractivity contribution in [3.63, 3.8) is 0 Å². The van der Waals surface area contributed by atoms with Gasteiger partial charge in [0.2, 0.25) is 0 Å². The van der Waals surface area contributed by atoms with E-state index in [-0.39, 0.29) is 23.1 Å². The fraction of sp³-hybridized carbons (Fsp3) is 0.263. The van der Waals surface area contributed by atoms with Crippen LogP contribution in [0.5, 0.6) is 0 Å². The van der Waals surface area contributed by atoms with Crippen LogP contribution in [0.1, 0.15) is 49.4 Å². The zero-order valence-corrected chi connectivity index (χ0v) is 15.5. The van der Waals surface area contributed by atoms with Crippen molar-refractivity contribution in [2.75, 3.05) is 6.54 Å². The fourth-order valence-electron chi connectivity index (χ4n) is 3.45. The van der Waals surface area contributed by atoms with Crippen molar-refractivity contribution in [2.24, 2.45) is 5.73 Å². The third-order valence-electron chi connectivity index (χ3n) is 4.81. The van der Waals surface area contributed by atoms with Gasteiger partial charge in [0.25, 0.3) is 17.4 Å². The van der Waals surface area contributed by atoms with E-state index in [9.17, 15) is 14.4 Å². The molecule has 2 N–H and O–H groups in total. The quantitative estimate of drug-likeness (QED) is 0.750. The number of thiophene rings is 1. The molecule has 7 nitrogen and oxygen atoms in total. The lowest BCUT2D eigenvalue weighted by Gasteiger charge is -2.23. The van der Waals surface area contributed by atoms with Crippen molar-refractivity contribution in [2.45, 2.75) is 25.8 Å². The van der Waals surface area contributed by atoms with Crippen molar-refractivity contribution in [3.05, 3.63) is 67.9 Å². The second-order valence-corrected chi connectivity index (χ2v) is 7.75. The molecule has 1 aliphatic heterocycles. The molecule has 4 rings (SSSR count). The molecule has 0 bridgehead atoms. The molecular formula is C19H18N4O3S. The highest BCUT2D eigenvalue weighted by Crippen LogP contribution is 2.36. The van der Waals surface area contributed by atoms with Gasteiger partial charge in [-0.15, -0.1) is 11.3 Å². The Labute approximate surface area is 159 Å². The molecule has 3 aromatic heterocycles. The summed E-state index contributed by atoms with van der Waals surface area (Å²) in [7, 11) is 0. The number of pyridine rings is 1. The van der Waals surface area contributed by atoms with Crippen LogP contribution < -0.4 is 11.3 Å². The Morgan fingerprint density at radius 2 is 2.11 bits per heavy atom. The molecule has 8 heteroatoms. The van der Waals surface area contributed by atoms with Crippen LogP contribution in [0.15, 0.2) is 41.5 Å². The van der Waals surface area contributed by atoms with Crippen molar-refractivity contribution in [1.82, 2.24) is 14.3 Å². The Kier molecular flexibility index (Phi) is 4.27. The van der Waals surface area contributed by atoms with Crippen LogP contribution in [0.2, 0.25) is 0 Å². The minimum atomic E-state index is -0.477. The third-order valence-corrected chi connectivity index (χ3v) is 6.01. The van der Waals surface area contributed by atoms with Gasteiger partial charge in [0.15, 0.2) is 0 Å². The maximum Gasteiger partial charge on any atom is 0.270 e. The lowest BCUT2D eigenvalue weighted by atomic mass is 10.1. The molecule has 1 atom stereocenters. The van der Waals surface area contributed by atoms with Crippen LogP contribution in [0, 0.1) is 6.92 Å². The van der Waals surface area contributed by atoms with Gasteiger partial charge in [-0.1, -0.05) is 0 Å². The Balaban J connectivity index is 1.70. The zero-order chi connectivity index (χ0) is 19.1. The van der Waals surface area contributed by atoms with Gasteiger partial charge in [-0.2, -0.15) is 0 Å². The van der Waals surface area contributed by atoms with Crippen molar-refractivity contribution < 1.29 is 9.59 Å². The summed E-state index contributed by atoms with van der Waals surface area (Å²) in [5.74, 6) is -0.812. The van der Waals surface area contributed by atoms with E-state index in [0.717, 1.165) is 23.3 Å². The van der Waals surface area contributed by atoms with E-state index in [1.165, 1.54) is 21.9 Å². The lowest BCUT2D eigenvalue weighted by Crippen LogP contribution is -2.35. The van der Waals surface area contributed by atoms with Gasteiger partial charge in [-0.3, -0.25) is 18.8 Å². The Morgan fingerprint density at radius 3 is 2.85 bits per heavy atom. The zero-order valence-electron chi connectivity index (χ0n) is 14.7. The first kappa shape index (κ1) is 17.4. The molecular weight excluding hydrogens is 364 g/mol. The largest absolute Gasteiger partial charge is 0.365 e. The average molecular weight is 382 g/mol. The van der Waals surface area contributed by atoms with E-state index >= 15 is 0 Å². The molecule has 0 aromatic carbocycles. The summed E-state index contributed by atoms with van der Waals surface area (Å²) in [6.45, 7) is 2.48. The number of nitrogens with zero attached hydrogens (tertiary/aromatic N) is 3. The van der Waals surface area contributed by atoms with Crippen LogP contribution >= 0.6 is 11.3 Å². The summed E-state index contributed by atoms with van der Waals surface area (Å²) in [5, 5.41) is 0. The number of aromatic nitrogens is 2. The van der Waals surface area contributed by atoms with Crippen molar-refractivity contribution in [1.29, 1.82) is 0 Å². The minimum Gasteiger partial charge on any atom is -0.365 e. The highest BCUT2D eigenvalue weighted by Gasteiger charge is 2.33. The van der Waals surface area contributed by atoms with E-state index < -0.39 is 5.91 Å². The van der Waals surface area contributed by atoms with E-state index in [0.29, 0.717) is 17.1 Å². The second-order valence-electron chi connectivity index (χ2n) is 6.63. The van der Waals surface area contributed by atoms with Gasteiger partial charge < -0.3 is 10.6 Å². The van der Waals surface area contributed by atoms with Crippen LogP contribution in [-0.4, -0.2) is 32.6 Å². The van der Waals surface area contributed by atoms with E-state index in [1.807, 2.05) is 13.0 Å². The Morgan fingerprint density at radius 1 is 1.30 bits per heavy atom. The first-order chi connectivity index (χ1) is 13.0. The molecule has 0 unspecified atom stereocenters. The first-order valence-corrected chi connectivity index (χ1v) is 9.46. The number of aryl methyl sites for hydroxylation is 1. The number of likely N-dealkylation sites (tertiary alicyclic amines) is 1. The summed E-state index contributed by atoms with van der Waals surface area (Å²) < 4.78 is 1.39. The highest BCUT2D eigenvalue weighted by molar-refractivity contribution is 7.14. The maximum absolute atomic E-state index is 13.1. The molecule has 3 aromatic rings. The summed E-state index contributed by atoms with van der Waals surface area (Å²) >= 11 is 1.30. The minimum absolute atomic E-state index is 0.0509. The van der Waals surface area contributed by atoms with Crippen LogP contribution in [0.3, 0.4) is 0 Å². The fourth-order valence-corrected chi connectivity index (χ4v) is 4.46. The number of hydrogen-bond donors (Lipinski definition) is 1. The number of fused-ring (bicyclic) bond motifs is 1. The topological polar surface area (TPSA) is 97.8 Å². The molecule has 138 valence electrons. The van der Waals surface area contributed by atoms with Gasteiger partial charge in [-0.25, -0.2) is 4.98 Å². The van der Waals surface area contributed by atoms with Gasteiger partial charge in [0.05, 0.1) is 10.9 Å². The molecule has 2 amide bonds. The summed E-state index contributed by atoms with van der Waals surface area (Å²) in [5.41, 5.74) is 6.51. The number of carbonyl (C=O) groups is 2. The predicted octanol–water partition coefficient (Wildman–Crippen LogP) is 2.14. The molecule has 0 radical (unpaired) electrons. The standard InChI is InChI=1S/C19H18N4O3S/c1-11-6-8-23-16(9-11)21-10-12(19(23)26)18(25)22-7-2-3-13(22)14-4-5-15(27-14)17(20)24/h4-6,8-10,13H,2-3,7H2,1H3,(H2,20,24)/t13-/m0/s1. The molecule has 0 aliphatic carbocycles. The normalized spacial score (nSPS) is 16.8. The van der Waals surface area contributed by atoms with Gasteiger partial charge in [0.1, 0.15) is 11.2 Å². The van der Waals surface area contributed by atoms with E-state index in [2.05, 4.69) is 4.98 Å². The first-order valence-electron chi connectivity index (χ1n) is 8.64. The van der Waals surface area contributed by atoms with Gasteiger partial charge >= 0.3 is 0 Å². The Hall–Kier alpha value is -3.00. The third kappa shape index (κ3) is 3.02. The summed E-state index contributed by atoms with van der Waals surface area (Å²) in [6, 6.07) is 6.95. The number of carbonyl (C=O) groups excluding carboxylic acids is 2. The number of nitrogens with two attached hydrogens (primary N) is 1. The van der Waals surface area contributed by atoms with Crippen LogP contribution in [-0.2, 0) is 0 Å². The molecule has 27 heavy (non-hydrogen) atoms. The molecule has 1 fully saturated rings. The maximum atomic E-state index is 13.1. The van der Waals surface area contributed by atoms with E-state index in [1.54, 1.807) is 29.3 Å². The van der Waals surface area contributed by atoms with E-state index in [4.69, 9.17) is 5.73 Å². The van der Waals surface area contributed by atoms with Gasteiger partial charge in [-0.05, 0) is 49.6 Å². The second kappa shape index (κ2) is 6.62. The number of primary amides is 1. The average Bonchev–Trinajstić information content (AvgIpc) is 3.30. The molecule has 0 spiro atoms. The number of hydrogen-bond acceptors (Lipinski definition) is 5. The summed E-state index contributed by atoms with van der Waals surface area (Å²) in [4.78, 5) is 44.6. The molecule has 4 heterocycles. The molecule has 0 saturated carbocycles. The molecule has 1 saturated heterocycles. The van der Waals surface area contributed by atoms with Crippen LogP contribution in [0.25, 0.3) is 5.65 Å². The smallest absolute Gasteiger partial charge is 0.270 e. The van der Waals surface area contributed by atoms with Gasteiger partial charge in [0, 0.05) is 23.8 Å². The van der Waals surface area contributed by atoms with Crippen molar-refractivity contribution >= 4 is 28.8 Å². The highest BCUT2D eigenvalue weighted by atomic mass is 32.1. The number of rotatable bonds is 3. The predicted molar refractivity (Wildman–Crippen MR) is 102 cm³/mol. The summed E-state index contributed by atoms with van der Waals surface area (Å²) in [6.07, 6.45) is 4.61. The molecule has 1 aliphatic rings. The Bertz CT molecular complexity index is 1120. The SMILES string of the molecule is Cc1ccn2c(=O)c(C(=O)N3CCC[C@H]3c3ccc(C(N)=O)s3)cnc2c1. The van der Waals surface area contributed by atoms with Crippen molar-refractivity contribution in [3.8, 4) is 0 Å².